The summed E-state index contributed by atoms with van der Waals surface area (Å²) < 4.78 is 50.5. The number of methoxy groups -OCH3 is 2. The van der Waals surface area contributed by atoms with Gasteiger partial charge in [-0.15, -0.1) is 0 Å². The molecule has 16 nitrogen and oxygen atoms in total. The Morgan fingerprint density at radius 2 is 1.94 bits per heavy atom. The summed E-state index contributed by atoms with van der Waals surface area (Å²) >= 11 is 0. The molecule has 1 aromatic carbocycles. The van der Waals surface area contributed by atoms with E-state index in [1.165, 1.54) is 12.0 Å². The molecule has 2 aliphatic heterocycles. The summed E-state index contributed by atoms with van der Waals surface area (Å²) in [7, 11) is -1.02. The van der Waals surface area contributed by atoms with Crippen molar-refractivity contribution in [2.75, 3.05) is 27.4 Å². The van der Waals surface area contributed by atoms with Gasteiger partial charge in [-0.1, -0.05) is 19.1 Å². The Labute approximate surface area is 301 Å². The number of aromatic nitrogens is 1. The van der Waals surface area contributed by atoms with Crippen molar-refractivity contribution in [3.63, 3.8) is 0 Å². The number of carbonyl (C=O) groups is 4. The average molecular weight is 744 g/mol. The normalized spacial score (nSPS) is 28.7. The first kappa shape index (κ1) is 37.1. The van der Waals surface area contributed by atoms with Crippen LogP contribution in [-0.2, 0) is 29.1 Å². The van der Waals surface area contributed by atoms with Gasteiger partial charge in [0, 0.05) is 30.4 Å². The van der Waals surface area contributed by atoms with Gasteiger partial charge in [0.1, 0.15) is 29.5 Å². The third kappa shape index (κ3) is 7.33. The fourth-order valence-electron chi connectivity index (χ4n) is 6.87. The zero-order valence-corrected chi connectivity index (χ0v) is 30.4. The largest absolute Gasteiger partial charge is 0.497 e. The molecule has 1 saturated heterocycles. The second-order valence-electron chi connectivity index (χ2n) is 14.0. The van der Waals surface area contributed by atoms with Crippen LogP contribution in [0, 0.1) is 5.92 Å². The maximum atomic E-state index is 14.4. The number of hydrogen-bond acceptors (Lipinski definition) is 11. The van der Waals surface area contributed by atoms with E-state index in [4.69, 9.17) is 18.9 Å². The lowest BCUT2D eigenvalue weighted by molar-refractivity contribution is -0.144. The monoisotopic (exact) mass is 743 g/mol. The third-order valence-corrected chi connectivity index (χ3v) is 12.6. The fourth-order valence-corrected chi connectivity index (χ4v) is 8.18. The highest BCUT2D eigenvalue weighted by atomic mass is 32.2. The van der Waals surface area contributed by atoms with Crippen LogP contribution in [0.1, 0.15) is 58.8 Å². The Balaban J connectivity index is 1.35. The van der Waals surface area contributed by atoms with Crippen molar-refractivity contribution in [2.24, 2.45) is 5.92 Å². The highest BCUT2D eigenvalue weighted by molar-refractivity contribution is 7.91. The Morgan fingerprint density at radius 3 is 2.62 bits per heavy atom. The number of carbonyl (C=O) groups excluding carboxylic acids is 3. The molecule has 0 bridgehead atoms. The Morgan fingerprint density at radius 1 is 1.17 bits per heavy atom. The van der Waals surface area contributed by atoms with Crippen LogP contribution >= 0.6 is 0 Å². The predicted molar refractivity (Wildman–Crippen MR) is 186 cm³/mol. The molecule has 4 aliphatic rings. The van der Waals surface area contributed by atoms with Gasteiger partial charge in [0.05, 0.1) is 31.6 Å². The molecule has 52 heavy (non-hydrogen) atoms. The maximum Gasteiger partial charge on any atom is 0.405 e. The van der Waals surface area contributed by atoms with E-state index in [0.717, 1.165) is 0 Å². The minimum Gasteiger partial charge on any atom is -0.497 e. The van der Waals surface area contributed by atoms with Crippen molar-refractivity contribution in [3.8, 4) is 17.5 Å². The number of rotatable bonds is 9. The first-order chi connectivity index (χ1) is 24.7. The first-order valence-electron chi connectivity index (χ1n) is 17.4. The van der Waals surface area contributed by atoms with E-state index in [9.17, 15) is 32.7 Å². The number of sulfonamides is 1. The summed E-state index contributed by atoms with van der Waals surface area (Å²) in [4.78, 5) is 60.2. The number of benzene rings is 1. The zero-order chi connectivity index (χ0) is 37.4. The first-order valence-corrected chi connectivity index (χ1v) is 18.9. The van der Waals surface area contributed by atoms with Gasteiger partial charge in [-0.05, 0) is 69.0 Å². The van der Waals surface area contributed by atoms with E-state index in [-0.39, 0.29) is 37.8 Å². The van der Waals surface area contributed by atoms with Crippen molar-refractivity contribution < 1.29 is 51.6 Å². The Bertz CT molecular complexity index is 1880. The molecule has 0 spiro atoms. The van der Waals surface area contributed by atoms with E-state index in [1.807, 2.05) is 6.08 Å². The molecule has 2 aromatic rings. The predicted octanol–water partition coefficient (Wildman–Crippen LogP) is 2.26. The van der Waals surface area contributed by atoms with Crippen molar-refractivity contribution in [2.45, 2.75) is 93.4 Å². The minimum absolute atomic E-state index is 0.0554. The molecule has 282 valence electrons. The second-order valence-corrected chi connectivity index (χ2v) is 16.2. The van der Waals surface area contributed by atoms with Crippen molar-refractivity contribution in [3.05, 3.63) is 36.4 Å². The number of allylic oxidation sites excluding steroid dienone is 1. The van der Waals surface area contributed by atoms with Crippen LogP contribution in [0.5, 0.6) is 17.5 Å². The molecular weight excluding hydrogens is 698 g/mol. The molecule has 3 heterocycles. The number of amides is 4. The standard InChI is InChI=1S/C35H45N5O11S/c1-5-26-28(37-33(44)45)31(42)40-19-23(51-30-24-11-10-22(48-3)15-20(24)16-27(36-30)49-4)17-25(40)29(41)38-35(18-21(35)9-7-6-8-14-50-26)32(43)39-52(46,47)34(2)12-13-34/h7,9-11,15-16,21,23,25-26,28,37H,5-6,8,12-14,17-19H2,1-4H3,(H,38,41)(H,39,43)(H,44,45)/t21-,23-,25+,26+,28+,35-/m1/s1. The SMILES string of the molecule is CC[C@@H]1OCCCC=C[C@@H]2C[C@@]2(C(=O)NS(=O)(=O)C2(C)CC2)NC(=O)[C@@H]2C[C@@H](Oc3nc(OC)cc4cc(OC)ccc34)CN2C(=O)[C@H]1NC(=O)O. The third-order valence-electron chi connectivity index (χ3n) is 10.4. The number of nitrogens with one attached hydrogen (secondary N) is 3. The molecule has 0 radical (unpaired) electrons. The van der Waals surface area contributed by atoms with Gasteiger partial charge in [0.15, 0.2) is 0 Å². The lowest BCUT2D eigenvalue weighted by Crippen LogP contribution is -2.60. The van der Waals surface area contributed by atoms with E-state index >= 15 is 0 Å². The van der Waals surface area contributed by atoms with Crippen molar-refractivity contribution in [1.29, 1.82) is 0 Å². The highest BCUT2D eigenvalue weighted by Gasteiger charge is 2.63. The van der Waals surface area contributed by atoms with E-state index < -0.39 is 74.3 Å². The molecule has 4 N–H and O–H groups in total. The average Bonchev–Trinajstić information content (AvgIpc) is 3.99. The molecule has 17 heteroatoms. The van der Waals surface area contributed by atoms with Crippen LogP contribution in [0.4, 0.5) is 4.79 Å². The number of hydrogen-bond donors (Lipinski definition) is 4. The van der Waals surface area contributed by atoms with Crippen LogP contribution < -0.4 is 29.6 Å². The summed E-state index contributed by atoms with van der Waals surface area (Å²) in [6.45, 7) is 3.40. The molecular formula is C35H45N5O11S. The van der Waals surface area contributed by atoms with E-state index in [0.29, 0.717) is 48.6 Å². The molecule has 2 saturated carbocycles. The summed E-state index contributed by atoms with van der Waals surface area (Å²) in [6, 6.07) is 4.39. The highest BCUT2D eigenvalue weighted by Crippen LogP contribution is 2.47. The number of fused-ring (bicyclic) bond motifs is 3. The number of nitrogens with zero attached hydrogens (tertiary/aromatic N) is 2. The van der Waals surface area contributed by atoms with Crippen LogP contribution in [0.3, 0.4) is 0 Å². The van der Waals surface area contributed by atoms with Crippen LogP contribution in [0.15, 0.2) is 36.4 Å². The van der Waals surface area contributed by atoms with E-state index in [2.05, 4.69) is 20.3 Å². The molecule has 1 aromatic heterocycles. The smallest absolute Gasteiger partial charge is 0.405 e. The van der Waals surface area contributed by atoms with Gasteiger partial charge in [0.2, 0.25) is 33.6 Å². The van der Waals surface area contributed by atoms with Gasteiger partial charge in [-0.3, -0.25) is 19.1 Å². The number of carboxylic acid groups (broad SMARTS) is 1. The summed E-state index contributed by atoms with van der Waals surface area (Å²) in [5, 5.41) is 16.2. The van der Waals surface area contributed by atoms with Crippen LogP contribution in [-0.4, -0.2) is 109 Å². The lowest BCUT2D eigenvalue weighted by atomic mass is 10.1. The van der Waals surface area contributed by atoms with Crippen LogP contribution in [0.2, 0.25) is 0 Å². The second kappa shape index (κ2) is 14.4. The van der Waals surface area contributed by atoms with Crippen LogP contribution in [0.25, 0.3) is 10.8 Å². The van der Waals surface area contributed by atoms with Crippen molar-refractivity contribution in [1.82, 2.24) is 25.2 Å². The molecule has 6 rings (SSSR count). The fraction of sp³-hybridized carbons (Fsp3) is 0.571. The topological polar surface area (TPSA) is 212 Å². The van der Waals surface area contributed by atoms with E-state index in [1.54, 1.807) is 51.3 Å². The minimum atomic E-state index is -4.02. The van der Waals surface area contributed by atoms with Gasteiger partial charge in [0.25, 0.3) is 5.91 Å². The Hall–Kier alpha value is -4.64. The summed E-state index contributed by atoms with van der Waals surface area (Å²) in [5.41, 5.74) is -1.58. The number of ether oxygens (including phenoxy) is 4. The Kier molecular flexibility index (Phi) is 10.3. The maximum absolute atomic E-state index is 14.4. The van der Waals surface area contributed by atoms with Gasteiger partial charge in [-0.25, -0.2) is 13.2 Å². The zero-order valence-electron chi connectivity index (χ0n) is 29.5. The van der Waals surface area contributed by atoms with Gasteiger partial charge >= 0.3 is 6.09 Å². The lowest BCUT2D eigenvalue weighted by Gasteiger charge is -2.32. The molecule has 4 amide bonds. The molecule has 6 atom stereocenters. The number of pyridine rings is 1. The molecule has 0 unspecified atom stereocenters. The quantitative estimate of drug-likeness (QED) is 0.273. The van der Waals surface area contributed by atoms with Gasteiger partial charge < -0.3 is 39.6 Å². The molecule has 2 aliphatic carbocycles. The van der Waals surface area contributed by atoms with Crippen molar-refractivity contribution >= 4 is 44.6 Å². The summed E-state index contributed by atoms with van der Waals surface area (Å²) in [6.07, 6.45) is 2.80. The van der Waals surface area contributed by atoms with Gasteiger partial charge in [-0.2, -0.15) is 4.98 Å². The molecule has 3 fully saturated rings. The summed E-state index contributed by atoms with van der Waals surface area (Å²) in [5.74, 6) is -1.76.